The van der Waals surface area contributed by atoms with Gasteiger partial charge in [0.15, 0.2) is 11.8 Å². The molecule has 3 fully saturated rings. The van der Waals surface area contributed by atoms with Crippen molar-refractivity contribution in [1.29, 1.82) is 5.26 Å². The van der Waals surface area contributed by atoms with Crippen molar-refractivity contribution in [1.82, 2.24) is 14.9 Å². The zero-order valence-electron chi connectivity index (χ0n) is 54.2. The van der Waals surface area contributed by atoms with E-state index >= 15 is 0 Å². The number of aliphatic hydroxyl groups excluding tert-OH is 2. The second kappa shape index (κ2) is 27.0. The van der Waals surface area contributed by atoms with Crippen LogP contribution in [-0.4, -0.2) is 133 Å². The molecule has 0 saturated carbocycles. The Hall–Kier alpha value is -7.00. The van der Waals surface area contributed by atoms with Crippen LogP contribution in [0.4, 0.5) is 0 Å². The van der Waals surface area contributed by atoms with Gasteiger partial charge in [-0.2, -0.15) is 5.70 Å². The summed E-state index contributed by atoms with van der Waals surface area (Å²) in [7, 11) is -5.32. The Bertz CT molecular complexity index is 3670. The third kappa shape index (κ3) is 13.2. The molecule has 0 aliphatic carbocycles. The van der Waals surface area contributed by atoms with Crippen LogP contribution in [0.25, 0.3) is 16.4 Å². The van der Waals surface area contributed by atoms with E-state index in [9.17, 15) is 53.2 Å². The first-order chi connectivity index (χ1) is 42.9. The SMILES string of the molecule is CC1=C2[N-][C@H]([C@H](CC(N)=O)[C@@]2(C)CCC(=O)NC[C@@H](C)OP(=O)([O-])O[C@H]2[C@@H](O)[C@@H](n3cnc4cc(C)c(C)cc43)O[C@@H]2CO)[C@]2(C)N=C(C(C)=C3N=C(C=C4N=C1[C@@H](CCC(N)=O)C4(C)C)[C@]1(CCC(N)=O)OC(=O)C[C@]31C)[C@@H](CCC(N)=O)[C@]2(C)CC(N)=O.[C-]#N.[Co+3]. The van der Waals surface area contributed by atoms with Gasteiger partial charge in [0.2, 0.25) is 35.4 Å². The third-order valence-electron chi connectivity index (χ3n) is 20.9. The standard InChI is InChI=1S/C62H87N12O15P.CN.Co/c1-29-20-37-38(21-30(29)2)74(28-69-37)56-51(83)52(39(27-75)86-56)89-90(84,85)88-31(3)26-68-47(81)17-18-58(8)36(22-45(66)79)55-61(11)59(9,24-46(67)80)35(13-15-43(64)77)50(73-61)33(5)54-60(10)25-48(82)87-62(60,19-16-44(65)78)41(71-54)23-40-57(6,7)34(12-14-42(63)76)49(70-40)32(4)53(58)72-55;1-2;/h20-21,23,28,31,34-36,39,51-52,55-56,75,83H,12-19,22,24-27H2,1-11H3,(H13,63,64,65,66,67,68,70,71,72,73,76,77,78,79,80,81,84,85);;/q;-1;+3/p-2/t31-,34-,35-,36+,39-,51-,52-,55-,56+,58-,59+,60-,61+,62+;;/m1../s1. The minimum Gasteiger partial charge on any atom is -0.756 e. The molecule has 13 N–H and O–H groups in total. The van der Waals surface area contributed by atoms with Gasteiger partial charge in [-0.3, -0.25) is 53.1 Å². The Kier molecular flexibility index (Phi) is 21.3. The largest absolute Gasteiger partial charge is 3.00 e. The molecule has 0 spiro atoms. The molecule has 7 aliphatic rings. The number of primary amides is 5. The van der Waals surface area contributed by atoms with Gasteiger partial charge >= 0.3 is 22.7 Å². The Morgan fingerprint density at radius 2 is 1.51 bits per heavy atom. The van der Waals surface area contributed by atoms with Gasteiger partial charge in [0.25, 0.3) is 7.82 Å². The van der Waals surface area contributed by atoms with Gasteiger partial charge in [-0.05, 0) is 120 Å². The Morgan fingerprint density at radius 3 is 2.11 bits per heavy atom. The van der Waals surface area contributed by atoms with Crippen molar-refractivity contribution in [2.24, 2.45) is 83.1 Å². The van der Waals surface area contributed by atoms with Crippen LogP contribution in [-0.2, 0) is 73.4 Å². The van der Waals surface area contributed by atoms with Gasteiger partial charge in [0, 0.05) is 91.3 Å². The molecule has 2 aromatic rings. The fourth-order valence-electron chi connectivity index (χ4n) is 15.6. The zero-order chi connectivity index (χ0) is 68.3. The van der Waals surface area contributed by atoms with Gasteiger partial charge < -0.3 is 89.3 Å². The number of amides is 6. The van der Waals surface area contributed by atoms with Crippen molar-refractivity contribution in [2.45, 2.75) is 195 Å². The average Bonchev–Trinajstić information content (AvgIpc) is 1.53. The summed E-state index contributed by atoms with van der Waals surface area (Å²) in [6.07, 6.45) is -5.14. The smallest absolute Gasteiger partial charge is 0.756 e. The third-order valence-corrected chi connectivity index (χ3v) is 22.0. The molecule has 93 heavy (non-hydrogen) atoms. The number of imidazole rings is 1. The van der Waals surface area contributed by atoms with Crippen LogP contribution < -0.4 is 38.9 Å². The van der Waals surface area contributed by atoms with E-state index in [4.69, 9.17) is 79.3 Å². The van der Waals surface area contributed by atoms with Crippen molar-refractivity contribution < 1.29 is 88.5 Å². The Morgan fingerprint density at radius 1 is 0.882 bits per heavy atom. The van der Waals surface area contributed by atoms with E-state index in [-0.39, 0.29) is 99.7 Å². The molecule has 1 aromatic carbocycles. The number of allylic oxidation sites excluding steroid dienone is 4. The normalized spacial score (nSPS) is 32.4. The number of aliphatic imine (C=N–C) groups is 3. The maximum atomic E-state index is 14.4. The molecule has 28 nitrogen and oxygen atoms in total. The van der Waals surface area contributed by atoms with Crippen LogP contribution in [0.5, 0.6) is 0 Å². The topological polar surface area (TPSA) is 472 Å². The van der Waals surface area contributed by atoms with Crippen molar-refractivity contribution in [3.05, 3.63) is 75.8 Å². The van der Waals surface area contributed by atoms with Gasteiger partial charge in [-0.25, -0.2) is 4.98 Å². The Balaban J connectivity index is 0.00000404. The van der Waals surface area contributed by atoms with Crippen LogP contribution >= 0.6 is 7.82 Å². The fourth-order valence-corrected chi connectivity index (χ4v) is 16.8. The molecule has 1 aromatic heterocycles. The number of phosphoric ester groups is 1. The number of nitrogens with two attached hydrogens (primary N) is 5. The summed E-state index contributed by atoms with van der Waals surface area (Å²) in [6, 6.07) is 2.66. The Labute approximate surface area is 550 Å². The molecule has 1 unspecified atom stereocenters. The molecule has 3 saturated heterocycles. The number of ether oxygens (including phenoxy) is 2. The summed E-state index contributed by atoms with van der Waals surface area (Å²) in [6.45, 7) is 23.7. The number of esters is 1. The maximum absolute atomic E-state index is 14.4. The average molecular weight is 1350 g/mol. The van der Waals surface area contributed by atoms with Crippen LogP contribution in [0.1, 0.15) is 150 Å². The number of carbonyl (C=O) groups is 7. The number of rotatable bonds is 24. The van der Waals surface area contributed by atoms with Gasteiger partial charge in [-0.15, -0.1) is 0 Å². The van der Waals surface area contributed by atoms with Crippen molar-refractivity contribution in [3.8, 4) is 0 Å². The number of hydrogen-bond donors (Lipinski definition) is 8. The quantitative estimate of drug-likeness (QED) is 0.0423. The minimum atomic E-state index is -5.32. The summed E-state index contributed by atoms with van der Waals surface area (Å²) in [4.78, 5) is 129. The first-order valence-electron chi connectivity index (χ1n) is 30.7. The number of nitrogens with zero attached hydrogens (tertiary/aromatic N) is 7. The number of aliphatic hydroxyl groups is 2. The van der Waals surface area contributed by atoms with E-state index in [2.05, 4.69) is 10.3 Å². The molecular formula is C63H85CoN13O15P. The summed E-state index contributed by atoms with van der Waals surface area (Å²) < 4.78 is 38.3. The zero-order valence-corrected chi connectivity index (χ0v) is 56.1. The molecule has 6 amide bonds. The van der Waals surface area contributed by atoms with Crippen LogP contribution in [0.2, 0.25) is 0 Å². The number of benzene rings is 1. The minimum absolute atomic E-state index is 0. The van der Waals surface area contributed by atoms with Crippen LogP contribution in [0.15, 0.2) is 67.8 Å². The molecule has 30 heteroatoms. The van der Waals surface area contributed by atoms with E-state index in [1.165, 1.54) is 17.8 Å². The number of nitrogens with one attached hydrogen (secondary N) is 1. The maximum Gasteiger partial charge on any atom is 3.00 e. The van der Waals surface area contributed by atoms with Crippen LogP contribution in [0, 0.1) is 65.1 Å². The number of fused-ring (bicyclic) bond motifs is 10. The predicted octanol–water partition coefficient (Wildman–Crippen LogP) is 3.60. The van der Waals surface area contributed by atoms with E-state index < -0.39 is 143 Å². The van der Waals surface area contributed by atoms with E-state index in [1.807, 2.05) is 74.4 Å². The van der Waals surface area contributed by atoms with Crippen molar-refractivity contribution in [3.63, 3.8) is 0 Å². The molecule has 15 atom stereocenters. The van der Waals surface area contributed by atoms with E-state index in [0.29, 0.717) is 50.7 Å². The first-order valence-corrected chi connectivity index (χ1v) is 32.2. The summed E-state index contributed by atoms with van der Waals surface area (Å²) >= 11 is 0. The molecule has 8 bridgehead atoms. The molecule has 0 radical (unpaired) electrons. The van der Waals surface area contributed by atoms with Crippen molar-refractivity contribution in [2.75, 3.05) is 13.2 Å². The second-order valence-electron chi connectivity index (χ2n) is 27.1. The number of aromatic nitrogens is 2. The predicted molar refractivity (Wildman–Crippen MR) is 333 cm³/mol. The van der Waals surface area contributed by atoms with Gasteiger partial charge in [0.1, 0.15) is 18.3 Å². The fraction of sp³-hybridized carbons (Fsp3) is 0.619. The van der Waals surface area contributed by atoms with Gasteiger partial charge in [0.05, 0.1) is 58.9 Å². The molecule has 8 heterocycles. The molecule has 9 rings (SSSR count). The first kappa shape index (κ1) is 73.4. The van der Waals surface area contributed by atoms with E-state index in [0.717, 1.165) is 11.1 Å². The number of aryl methyl sites for hydroxylation is 2. The molecule has 7 aliphatic heterocycles. The summed E-state index contributed by atoms with van der Waals surface area (Å²) in [5.74, 6) is -6.73. The van der Waals surface area contributed by atoms with Gasteiger partial charge in [-0.1, -0.05) is 33.7 Å². The molecular weight excluding hydrogens is 1270 g/mol. The summed E-state index contributed by atoms with van der Waals surface area (Å²) in [5, 5.41) is 36.4. The number of hydrogen-bond acceptors (Lipinski definition) is 20. The monoisotopic (exact) mass is 1350 g/mol. The summed E-state index contributed by atoms with van der Waals surface area (Å²) in [5.41, 5.74) is 28.6. The van der Waals surface area contributed by atoms with Crippen molar-refractivity contribution >= 4 is 77.4 Å². The number of phosphoric acid groups is 1. The van der Waals surface area contributed by atoms with E-state index in [1.54, 1.807) is 13.0 Å². The number of carbonyl (C=O) groups excluding carboxylic acids is 7. The second-order valence-corrected chi connectivity index (χ2v) is 28.4. The molecule has 506 valence electrons. The van der Waals surface area contributed by atoms with Crippen LogP contribution in [0.3, 0.4) is 0 Å².